The minimum atomic E-state index is 0.370. The zero-order chi connectivity index (χ0) is 13.5. The van der Waals surface area contributed by atoms with Gasteiger partial charge in [-0.25, -0.2) is 0 Å². The highest BCUT2D eigenvalue weighted by Crippen LogP contribution is 2.21. The summed E-state index contributed by atoms with van der Waals surface area (Å²) in [4.78, 5) is 4.16. The molecule has 3 nitrogen and oxygen atoms in total. The van der Waals surface area contributed by atoms with Crippen LogP contribution in [0, 0.1) is 0 Å². The molecule has 0 spiro atoms. The van der Waals surface area contributed by atoms with Gasteiger partial charge in [0.05, 0.1) is 0 Å². The lowest BCUT2D eigenvalue weighted by Crippen LogP contribution is -2.41. The van der Waals surface area contributed by atoms with Gasteiger partial charge in [-0.05, 0) is 44.0 Å². The molecule has 0 radical (unpaired) electrons. The second-order valence-electron chi connectivity index (χ2n) is 4.28. The predicted octanol–water partition coefficient (Wildman–Crippen LogP) is 3.22. The smallest absolute Gasteiger partial charge is 0.191 e. The lowest BCUT2D eigenvalue weighted by molar-refractivity contribution is 0.698. The summed E-state index contributed by atoms with van der Waals surface area (Å²) in [6.07, 6.45) is 0.889. The van der Waals surface area contributed by atoms with E-state index in [1.54, 1.807) is 7.05 Å². The Balaban J connectivity index is 2.48. The van der Waals surface area contributed by atoms with E-state index in [9.17, 15) is 0 Å². The first-order valence-electron chi connectivity index (χ1n) is 5.94. The van der Waals surface area contributed by atoms with Gasteiger partial charge >= 0.3 is 0 Å². The Labute approximate surface area is 122 Å². The number of guanidine groups is 1. The largest absolute Gasteiger partial charge is 0.356 e. The Morgan fingerprint density at radius 1 is 1.44 bits per heavy atom. The van der Waals surface area contributed by atoms with E-state index in [0.29, 0.717) is 6.04 Å². The fourth-order valence-electron chi connectivity index (χ4n) is 1.52. The van der Waals surface area contributed by atoms with E-state index in [4.69, 9.17) is 11.6 Å². The number of rotatable bonds is 4. The van der Waals surface area contributed by atoms with Crippen LogP contribution in [0.15, 0.2) is 27.7 Å². The number of benzene rings is 1. The van der Waals surface area contributed by atoms with Crippen molar-refractivity contribution in [2.75, 3.05) is 13.6 Å². The van der Waals surface area contributed by atoms with Crippen LogP contribution in [0.2, 0.25) is 5.02 Å². The molecule has 0 saturated heterocycles. The highest BCUT2D eigenvalue weighted by atomic mass is 79.9. The maximum absolute atomic E-state index is 5.98. The molecular formula is C13H19BrClN3. The summed E-state index contributed by atoms with van der Waals surface area (Å²) < 4.78 is 1.08. The molecule has 0 aliphatic heterocycles. The second kappa shape index (κ2) is 7.64. The summed E-state index contributed by atoms with van der Waals surface area (Å²) in [7, 11) is 1.77. The summed E-state index contributed by atoms with van der Waals surface area (Å²) in [6, 6.07) is 6.20. The van der Waals surface area contributed by atoms with Crippen LogP contribution in [-0.2, 0) is 6.42 Å². The van der Waals surface area contributed by atoms with Gasteiger partial charge in [-0.1, -0.05) is 27.5 Å². The van der Waals surface area contributed by atoms with Crippen LogP contribution in [0.25, 0.3) is 0 Å². The summed E-state index contributed by atoms with van der Waals surface area (Å²) in [5.74, 6) is 0.822. The highest BCUT2D eigenvalue weighted by molar-refractivity contribution is 9.10. The van der Waals surface area contributed by atoms with Gasteiger partial charge in [-0.2, -0.15) is 0 Å². The van der Waals surface area contributed by atoms with Crippen LogP contribution in [0.1, 0.15) is 19.4 Å². The maximum atomic E-state index is 5.98. The topological polar surface area (TPSA) is 36.4 Å². The van der Waals surface area contributed by atoms with E-state index in [2.05, 4.69) is 45.4 Å². The average molecular weight is 333 g/mol. The first-order chi connectivity index (χ1) is 8.52. The molecule has 1 aromatic carbocycles. The highest BCUT2D eigenvalue weighted by Gasteiger charge is 2.03. The van der Waals surface area contributed by atoms with Gasteiger partial charge in [0.15, 0.2) is 5.96 Å². The zero-order valence-electron chi connectivity index (χ0n) is 10.9. The third kappa shape index (κ3) is 5.27. The van der Waals surface area contributed by atoms with Crippen LogP contribution >= 0.6 is 27.5 Å². The standard InChI is InChI=1S/C13H19BrClN3/c1-9(2)18-13(16-3)17-7-6-10-8-11(15)4-5-12(10)14/h4-5,8-9H,6-7H2,1-3H3,(H2,16,17,18). The van der Waals surface area contributed by atoms with Gasteiger partial charge in [0, 0.05) is 29.1 Å². The number of aliphatic imine (C=N–C) groups is 1. The van der Waals surface area contributed by atoms with E-state index in [1.165, 1.54) is 5.56 Å². The minimum Gasteiger partial charge on any atom is -0.356 e. The van der Waals surface area contributed by atoms with Crippen molar-refractivity contribution in [1.29, 1.82) is 0 Å². The average Bonchev–Trinajstić information content (AvgIpc) is 2.31. The van der Waals surface area contributed by atoms with Crippen LogP contribution < -0.4 is 10.6 Å². The predicted molar refractivity (Wildman–Crippen MR) is 82.5 cm³/mol. The van der Waals surface area contributed by atoms with Crippen LogP contribution in [0.5, 0.6) is 0 Å². The van der Waals surface area contributed by atoms with Gasteiger partial charge in [0.1, 0.15) is 0 Å². The molecule has 0 atom stereocenters. The van der Waals surface area contributed by atoms with E-state index in [1.807, 2.05) is 18.2 Å². The van der Waals surface area contributed by atoms with Crippen LogP contribution in [0.3, 0.4) is 0 Å². The molecule has 0 unspecified atom stereocenters. The fraction of sp³-hybridized carbons (Fsp3) is 0.462. The Hall–Kier alpha value is -0.740. The van der Waals surface area contributed by atoms with Crippen molar-refractivity contribution in [3.05, 3.63) is 33.3 Å². The monoisotopic (exact) mass is 331 g/mol. The molecule has 0 bridgehead atoms. The Kier molecular flexibility index (Phi) is 6.50. The maximum Gasteiger partial charge on any atom is 0.191 e. The molecule has 1 rings (SSSR count). The zero-order valence-corrected chi connectivity index (χ0v) is 13.3. The molecule has 1 aromatic rings. The lowest BCUT2D eigenvalue weighted by atomic mass is 10.1. The van der Waals surface area contributed by atoms with Crippen molar-refractivity contribution in [2.24, 2.45) is 4.99 Å². The van der Waals surface area contributed by atoms with E-state index >= 15 is 0 Å². The Morgan fingerprint density at radius 3 is 2.78 bits per heavy atom. The first kappa shape index (κ1) is 15.3. The SMILES string of the molecule is CN=C(NCCc1cc(Cl)ccc1Br)NC(C)C. The van der Waals surface area contributed by atoms with Gasteiger partial charge in [-0.3, -0.25) is 4.99 Å². The molecule has 0 aliphatic carbocycles. The Bertz CT molecular complexity index is 419. The summed E-state index contributed by atoms with van der Waals surface area (Å²) in [6.45, 7) is 4.98. The molecule has 0 heterocycles. The third-order valence-electron chi connectivity index (χ3n) is 2.34. The number of hydrogen-bond donors (Lipinski definition) is 2. The van der Waals surface area contributed by atoms with Gasteiger partial charge in [0.2, 0.25) is 0 Å². The van der Waals surface area contributed by atoms with E-state index < -0.39 is 0 Å². The molecule has 5 heteroatoms. The van der Waals surface area contributed by atoms with Crippen molar-refractivity contribution < 1.29 is 0 Å². The minimum absolute atomic E-state index is 0.370. The number of hydrogen-bond acceptors (Lipinski definition) is 1. The summed E-state index contributed by atoms with van der Waals surface area (Å²) >= 11 is 9.50. The van der Waals surface area contributed by atoms with Crippen molar-refractivity contribution in [3.8, 4) is 0 Å². The number of halogens is 2. The van der Waals surface area contributed by atoms with Gasteiger partial charge < -0.3 is 10.6 Å². The van der Waals surface area contributed by atoms with Crippen molar-refractivity contribution in [2.45, 2.75) is 26.3 Å². The molecule has 0 aromatic heterocycles. The third-order valence-corrected chi connectivity index (χ3v) is 3.35. The van der Waals surface area contributed by atoms with E-state index in [0.717, 1.165) is 28.4 Å². The number of nitrogens with zero attached hydrogens (tertiary/aromatic N) is 1. The Morgan fingerprint density at radius 2 is 2.17 bits per heavy atom. The number of nitrogens with one attached hydrogen (secondary N) is 2. The molecule has 18 heavy (non-hydrogen) atoms. The van der Waals surface area contributed by atoms with Gasteiger partial charge in [0.25, 0.3) is 0 Å². The molecule has 0 fully saturated rings. The van der Waals surface area contributed by atoms with Crippen molar-refractivity contribution in [3.63, 3.8) is 0 Å². The molecule has 100 valence electrons. The first-order valence-corrected chi connectivity index (χ1v) is 7.11. The fourth-order valence-corrected chi connectivity index (χ4v) is 2.16. The summed E-state index contributed by atoms with van der Waals surface area (Å²) in [5.41, 5.74) is 1.19. The molecule has 0 saturated carbocycles. The normalized spacial score (nSPS) is 11.8. The lowest BCUT2D eigenvalue weighted by Gasteiger charge is -2.14. The van der Waals surface area contributed by atoms with Crippen molar-refractivity contribution >= 4 is 33.5 Å². The molecule has 0 aliphatic rings. The molecule has 0 amide bonds. The van der Waals surface area contributed by atoms with Crippen LogP contribution in [-0.4, -0.2) is 25.6 Å². The van der Waals surface area contributed by atoms with E-state index in [-0.39, 0.29) is 0 Å². The molecular weight excluding hydrogens is 314 g/mol. The second-order valence-corrected chi connectivity index (χ2v) is 5.57. The van der Waals surface area contributed by atoms with Gasteiger partial charge in [-0.15, -0.1) is 0 Å². The molecule has 2 N–H and O–H groups in total. The van der Waals surface area contributed by atoms with Crippen molar-refractivity contribution in [1.82, 2.24) is 10.6 Å². The summed E-state index contributed by atoms with van der Waals surface area (Å²) in [5, 5.41) is 7.28. The van der Waals surface area contributed by atoms with Crippen LogP contribution in [0.4, 0.5) is 0 Å². The quantitative estimate of drug-likeness (QED) is 0.656.